The number of hydrogen-bond acceptors (Lipinski definition) is 2. The Balaban J connectivity index is 2.06. The second kappa shape index (κ2) is 4.11. The minimum atomic E-state index is -0.992. The molecule has 0 amide bonds. The van der Waals surface area contributed by atoms with Gasteiger partial charge in [0.1, 0.15) is 0 Å². The zero-order chi connectivity index (χ0) is 10.8. The fourth-order valence-corrected chi connectivity index (χ4v) is 1.64. The predicted octanol–water partition coefficient (Wildman–Crippen LogP) is 2.86. The highest BCUT2D eigenvalue weighted by molar-refractivity contribution is 6.33. The molecule has 2 N–H and O–H groups in total. The number of nitrogens with one attached hydrogen (secondary N) is 1. The Morgan fingerprint density at radius 3 is 2.80 bits per heavy atom. The fraction of sp³-hybridized carbons (Fsp3) is 0.364. The van der Waals surface area contributed by atoms with Crippen LogP contribution < -0.4 is 5.32 Å². The van der Waals surface area contributed by atoms with E-state index in [1.165, 1.54) is 18.9 Å². The summed E-state index contributed by atoms with van der Waals surface area (Å²) in [5.41, 5.74) is 1.03. The highest BCUT2D eigenvalue weighted by atomic mass is 35.5. The van der Waals surface area contributed by atoms with Gasteiger partial charge in [-0.2, -0.15) is 0 Å². The topological polar surface area (TPSA) is 49.3 Å². The predicted molar refractivity (Wildman–Crippen MR) is 59.6 cm³/mol. The maximum atomic E-state index is 10.7. The molecule has 80 valence electrons. The highest BCUT2D eigenvalue weighted by Gasteiger charge is 2.20. The van der Waals surface area contributed by atoms with Crippen molar-refractivity contribution in [1.29, 1.82) is 0 Å². The van der Waals surface area contributed by atoms with Crippen LogP contribution in [0, 0.1) is 5.92 Å². The first-order chi connectivity index (χ1) is 7.16. The van der Waals surface area contributed by atoms with Crippen molar-refractivity contribution in [3.8, 4) is 0 Å². The quantitative estimate of drug-likeness (QED) is 0.829. The van der Waals surface area contributed by atoms with Gasteiger partial charge in [-0.25, -0.2) is 4.79 Å². The zero-order valence-corrected chi connectivity index (χ0v) is 8.92. The molecule has 0 heterocycles. The van der Waals surface area contributed by atoms with E-state index in [4.69, 9.17) is 16.7 Å². The van der Waals surface area contributed by atoms with E-state index >= 15 is 0 Å². The standard InChI is InChI=1S/C11H12ClNO2/c12-10-5-8(13-6-7-1-2-7)3-4-9(10)11(14)15/h3-5,7,13H,1-2,6H2,(H,14,15). The monoisotopic (exact) mass is 225 g/mol. The SMILES string of the molecule is O=C(O)c1ccc(NCC2CC2)cc1Cl. The molecule has 0 bridgehead atoms. The van der Waals surface area contributed by atoms with Crippen LogP contribution in [0.2, 0.25) is 5.02 Å². The van der Waals surface area contributed by atoms with E-state index in [2.05, 4.69) is 5.32 Å². The van der Waals surface area contributed by atoms with Gasteiger partial charge in [-0.1, -0.05) is 11.6 Å². The molecule has 0 aliphatic heterocycles. The van der Waals surface area contributed by atoms with Crippen molar-refractivity contribution < 1.29 is 9.90 Å². The average molecular weight is 226 g/mol. The number of anilines is 1. The van der Waals surface area contributed by atoms with Crippen molar-refractivity contribution in [3.63, 3.8) is 0 Å². The minimum absolute atomic E-state index is 0.147. The molecule has 0 unspecified atom stereocenters. The fourth-order valence-electron chi connectivity index (χ4n) is 1.38. The van der Waals surface area contributed by atoms with Crippen LogP contribution in [0.4, 0.5) is 5.69 Å². The number of benzene rings is 1. The van der Waals surface area contributed by atoms with Crippen LogP contribution in [0.3, 0.4) is 0 Å². The summed E-state index contributed by atoms with van der Waals surface area (Å²) in [5.74, 6) is -0.211. The van der Waals surface area contributed by atoms with Crippen LogP contribution in [0.5, 0.6) is 0 Å². The van der Waals surface area contributed by atoms with E-state index in [9.17, 15) is 4.79 Å². The van der Waals surface area contributed by atoms with Crippen molar-refractivity contribution in [3.05, 3.63) is 28.8 Å². The lowest BCUT2D eigenvalue weighted by Gasteiger charge is -2.06. The molecule has 0 aromatic heterocycles. The van der Waals surface area contributed by atoms with Gasteiger partial charge >= 0.3 is 5.97 Å². The maximum absolute atomic E-state index is 10.7. The lowest BCUT2D eigenvalue weighted by molar-refractivity contribution is 0.0697. The summed E-state index contributed by atoms with van der Waals surface area (Å²) in [4.78, 5) is 10.7. The molecule has 0 atom stereocenters. The molecular formula is C11H12ClNO2. The normalized spacial score (nSPS) is 15.0. The van der Waals surface area contributed by atoms with Crippen LogP contribution >= 0.6 is 11.6 Å². The number of aromatic carboxylic acids is 1. The zero-order valence-electron chi connectivity index (χ0n) is 8.16. The van der Waals surface area contributed by atoms with E-state index in [1.807, 2.05) is 0 Å². The molecule has 0 saturated heterocycles. The molecule has 1 aromatic rings. The van der Waals surface area contributed by atoms with E-state index in [1.54, 1.807) is 12.1 Å². The second-order valence-electron chi connectivity index (χ2n) is 3.82. The number of carboxylic acids is 1. The van der Waals surface area contributed by atoms with Crippen LogP contribution in [-0.4, -0.2) is 17.6 Å². The molecule has 4 heteroatoms. The van der Waals surface area contributed by atoms with Gasteiger partial charge in [-0.05, 0) is 37.0 Å². The Morgan fingerprint density at radius 1 is 1.53 bits per heavy atom. The first kappa shape index (κ1) is 10.3. The van der Waals surface area contributed by atoms with E-state index < -0.39 is 5.97 Å². The minimum Gasteiger partial charge on any atom is -0.478 e. The smallest absolute Gasteiger partial charge is 0.337 e. The molecule has 2 rings (SSSR count). The van der Waals surface area contributed by atoms with Crippen molar-refractivity contribution in [2.24, 2.45) is 5.92 Å². The molecule has 0 spiro atoms. The van der Waals surface area contributed by atoms with E-state index in [-0.39, 0.29) is 10.6 Å². The first-order valence-electron chi connectivity index (χ1n) is 4.93. The summed E-state index contributed by atoms with van der Waals surface area (Å²) in [6.07, 6.45) is 2.57. The maximum Gasteiger partial charge on any atom is 0.337 e. The van der Waals surface area contributed by atoms with Gasteiger partial charge in [0.2, 0.25) is 0 Å². The third-order valence-electron chi connectivity index (χ3n) is 2.49. The molecule has 1 aliphatic carbocycles. The Kier molecular flexibility index (Phi) is 2.82. The van der Waals surface area contributed by atoms with Crippen LogP contribution in [0.15, 0.2) is 18.2 Å². The van der Waals surface area contributed by atoms with Gasteiger partial charge in [0.25, 0.3) is 0 Å². The number of carboxylic acid groups (broad SMARTS) is 1. The number of hydrogen-bond donors (Lipinski definition) is 2. The largest absolute Gasteiger partial charge is 0.478 e. The molecule has 1 aliphatic rings. The number of rotatable bonds is 4. The number of halogens is 1. The molecule has 1 aromatic carbocycles. The summed E-state index contributed by atoms with van der Waals surface area (Å²) < 4.78 is 0. The Hall–Kier alpha value is -1.22. The third-order valence-corrected chi connectivity index (χ3v) is 2.80. The lowest BCUT2D eigenvalue weighted by atomic mass is 10.2. The van der Waals surface area contributed by atoms with Crippen LogP contribution in [0.25, 0.3) is 0 Å². The van der Waals surface area contributed by atoms with Gasteiger partial charge in [0, 0.05) is 12.2 Å². The van der Waals surface area contributed by atoms with Gasteiger partial charge in [-0.3, -0.25) is 0 Å². The Morgan fingerprint density at radius 2 is 2.27 bits per heavy atom. The summed E-state index contributed by atoms with van der Waals surface area (Å²) in [7, 11) is 0. The first-order valence-corrected chi connectivity index (χ1v) is 5.31. The summed E-state index contributed by atoms with van der Waals surface area (Å²) in [6, 6.07) is 4.94. The summed E-state index contributed by atoms with van der Waals surface area (Å²) in [5, 5.41) is 12.3. The highest BCUT2D eigenvalue weighted by Crippen LogP contribution is 2.29. The summed E-state index contributed by atoms with van der Waals surface area (Å²) >= 11 is 5.83. The third kappa shape index (κ3) is 2.63. The molecular weight excluding hydrogens is 214 g/mol. The van der Waals surface area contributed by atoms with Gasteiger partial charge in [0.15, 0.2) is 0 Å². The van der Waals surface area contributed by atoms with Gasteiger partial charge < -0.3 is 10.4 Å². The Bertz CT molecular complexity index is 388. The molecule has 1 fully saturated rings. The van der Waals surface area contributed by atoms with E-state index in [0.717, 1.165) is 18.2 Å². The van der Waals surface area contributed by atoms with E-state index in [0.29, 0.717) is 0 Å². The molecule has 3 nitrogen and oxygen atoms in total. The second-order valence-corrected chi connectivity index (χ2v) is 4.23. The molecule has 15 heavy (non-hydrogen) atoms. The van der Waals surface area contributed by atoms with Crippen molar-refractivity contribution >= 4 is 23.3 Å². The van der Waals surface area contributed by atoms with Gasteiger partial charge in [0.05, 0.1) is 10.6 Å². The van der Waals surface area contributed by atoms with Crippen molar-refractivity contribution in [1.82, 2.24) is 0 Å². The average Bonchev–Trinajstić information content (AvgIpc) is 2.97. The Labute approximate surface area is 93.1 Å². The summed E-state index contributed by atoms with van der Waals surface area (Å²) in [6.45, 7) is 0.947. The van der Waals surface area contributed by atoms with Gasteiger partial charge in [-0.15, -0.1) is 0 Å². The lowest BCUT2D eigenvalue weighted by Crippen LogP contribution is -2.04. The van der Waals surface area contributed by atoms with Crippen LogP contribution in [-0.2, 0) is 0 Å². The van der Waals surface area contributed by atoms with Crippen molar-refractivity contribution in [2.45, 2.75) is 12.8 Å². The van der Waals surface area contributed by atoms with Crippen LogP contribution in [0.1, 0.15) is 23.2 Å². The molecule has 1 saturated carbocycles. The van der Waals surface area contributed by atoms with Crippen molar-refractivity contribution in [2.75, 3.05) is 11.9 Å². The molecule has 0 radical (unpaired) electrons. The number of carbonyl (C=O) groups is 1.